The summed E-state index contributed by atoms with van der Waals surface area (Å²) in [6, 6.07) is 5.72. The lowest BCUT2D eigenvalue weighted by Crippen LogP contribution is -2.02. The molecule has 0 saturated carbocycles. The minimum atomic E-state index is 0.243. The molecular weight excluding hydrogens is 290 g/mol. The van der Waals surface area contributed by atoms with E-state index in [-0.39, 0.29) is 6.79 Å². The van der Waals surface area contributed by atoms with Crippen LogP contribution in [0.2, 0.25) is 0 Å². The van der Waals surface area contributed by atoms with E-state index in [2.05, 4.69) is 15.3 Å². The molecule has 2 aromatic heterocycles. The van der Waals surface area contributed by atoms with E-state index in [1.807, 2.05) is 23.6 Å². The Hall–Kier alpha value is -2.45. The van der Waals surface area contributed by atoms with Crippen LogP contribution in [0.25, 0.3) is 16.4 Å². The molecule has 3 aromatic rings. The van der Waals surface area contributed by atoms with Gasteiger partial charge in [-0.2, -0.15) is 4.68 Å². The van der Waals surface area contributed by atoms with Crippen molar-refractivity contribution < 1.29 is 9.47 Å². The van der Waals surface area contributed by atoms with Crippen molar-refractivity contribution in [3.8, 4) is 27.9 Å². The Bertz CT molecular complexity index is 784. The van der Waals surface area contributed by atoms with Gasteiger partial charge in [0.2, 0.25) is 11.9 Å². The van der Waals surface area contributed by atoms with E-state index in [1.165, 1.54) is 11.3 Å². The second-order valence-electron chi connectivity index (χ2n) is 4.38. The van der Waals surface area contributed by atoms with E-state index in [0.717, 1.165) is 22.1 Å². The van der Waals surface area contributed by atoms with Crippen molar-refractivity contribution >= 4 is 11.3 Å². The molecule has 0 amide bonds. The fourth-order valence-corrected chi connectivity index (χ4v) is 2.83. The number of benzene rings is 1. The molecule has 4 rings (SSSR count). The molecule has 0 atom stereocenters. The first-order valence-electron chi connectivity index (χ1n) is 6.31. The fourth-order valence-electron chi connectivity index (χ4n) is 2.24. The zero-order chi connectivity index (χ0) is 14.2. The number of hydrogen-bond donors (Lipinski definition) is 1. The number of nitrogens with zero attached hydrogens (tertiary/aromatic N) is 4. The lowest BCUT2D eigenvalue weighted by atomic mass is 10.1. The van der Waals surface area contributed by atoms with Crippen LogP contribution in [0.4, 0.5) is 0 Å². The highest BCUT2D eigenvalue weighted by Crippen LogP contribution is 2.37. The molecule has 1 aliphatic heterocycles. The molecule has 106 valence electrons. The van der Waals surface area contributed by atoms with Gasteiger partial charge in [-0.3, -0.25) is 0 Å². The molecule has 0 spiro atoms. The Labute approximate surface area is 123 Å². The fraction of sp³-hybridized carbons (Fsp3) is 0.154. The van der Waals surface area contributed by atoms with E-state index in [4.69, 9.17) is 15.2 Å². The summed E-state index contributed by atoms with van der Waals surface area (Å²) < 4.78 is 12.5. The number of fused-ring (bicyclic) bond motifs is 1. The minimum Gasteiger partial charge on any atom is -0.454 e. The van der Waals surface area contributed by atoms with Crippen LogP contribution in [0.1, 0.15) is 5.69 Å². The van der Waals surface area contributed by atoms with Crippen LogP contribution < -0.4 is 15.2 Å². The second kappa shape index (κ2) is 4.83. The number of hydrogen-bond acceptors (Lipinski definition) is 7. The molecule has 3 heterocycles. The predicted molar refractivity (Wildman–Crippen MR) is 76.5 cm³/mol. The van der Waals surface area contributed by atoms with Crippen LogP contribution in [-0.2, 0) is 6.54 Å². The molecule has 2 N–H and O–H groups in total. The molecule has 1 aromatic carbocycles. The average molecular weight is 301 g/mol. The minimum absolute atomic E-state index is 0.243. The summed E-state index contributed by atoms with van der Waals surface area (Å²) in [5.74, 6) is 1.45. The lowest BCUT2D eigenvalue weighted by Gasteiger charge is -2.06. The van der Waals surface area contributed by atoms with Crippen molar-refractivity contribution in [2.24, 2.45) is 5.73 Å². The highest BCUT2D eigenvalue weighted by Gasteiger charge is 2.20. The van der Waals surface area contributed by atoms with E-state index < -0.39 is 0 Å². The molecular formula is C13H11N5O2S. The Kier molecular flexibility index (Phi) is 2.83. The molecule has 0 bridgehead atoms. The summed E-state index contributed by atoms with van der Waals surface area (Å²) >= 11 is 1.49. The standard InChI is InChI=1S/C13H11N5O2S/c14-6-9-12(18(17-16-9)13-15-3-4-21-13)8-1-2-10-11(5-8)20-7-19-10/h1-5H,6-7,14H2. The number of nitrogens with two attached hydrogens (primary N) is 1. The first kappa shape index (κ1) is 12.3. The zero-order valence-electron chi connectivity index (χ0n) is 10.9. The SMILES string of the molecule is NCc1nnn(-c2nccs2)c1-c1ccc2c(c1)OCO2. The first-order chi connectivity index (χ1) is 10.4. The molecule has 1 aliphatic rings. The van der Waals surface area contributed by atoms with Crippen molar-refractivity contribution in [1.29, 1.82) is 0 Å². The van der Waals surface area contributed by atoms with Gasteiger partial charge in [0.25, 0.3) is 0 Å². The summed E-state index contributed by atoms with van der Waals surface area (Å²) in [7, 11) is 0. The average Bonchev–Trinajstić information content (AvgIpc) is 3.24. The normalized spacial score (nSPS) is 12.8. The Morgan fingerprint density at radius 1 is 1.29 bits per heavy atom. The molecule has 0 aliphatic carbocycles. The summed E-state index contributed by atoms with van der Waals surface area (Å²) in [5.41, 5.74) is 8.23. The smallest absolute Gasteiger partial charge is 0.231 e. The maximum atomic E-state index is 5.78. The quantitative estimate of drug-likeness (QED) is 0.790. The van der Waals surface area contributed by atoms with Crippen LogP contribution in [0.3, 0.4) is 0 Å². The van der Waals surface area contributed by atoms with Gasteiger partial charge in [-0.15, -0.1) is 16.4 Å². The largest absolute Gasteiger partial charge is 0.454 e. The van der Waals surface area contributed by atoms with Crippen molar-refractivity contribution in [1.82, 2.24) is 20.0 Å². The van der Waals surface area contributed by atoms with Gasteiger partial charge in [-0.05, 0) is 18.2 Å². The Morgan fingerprint density at radius 2 is 2.19 bits per heavy atom. The van der Waals surface area contributed by atoms with Gasteiger partial charge in [-0.1, -0.05) is 5.21 Å². The van der Waals surface area contributed by atoms with E-state index in [0.29, 0.717) is 18.0 Å². The third-order valence-corrected chi connectivity index (χ3v) is 3.93. The number of rotatable bonds is 3. The van der Waals surface area contributed by atoms with Gasteiger partial charge in [0, 0.05) is 23.7 Å². The Morgan fingerprint density at radius 3 is 3.00 bits per heavy atom. The maximum Gasteiger partial charge on any atom is 0.231 e. The van der Waals surface area contributed by atoms with Crippen molar-refractivity contribution in [2.75, 3.05) is 6.79 Å². The van der Waals surface area contributed by atoms with Gasteiger partial charge in [0.15, 0.2) is 11.5 Å². The van der Waals surface area contributed by atoms with Crippen LogP contribution in [0, 0.1) is 0 Å². The second-order valence-corrected chi connectivity index (χ2v) is 5.26. The molecule has 0 radical (unpaired) electrons. The Balaban J connectivity index is 1.89. The van der Waals surface area contributed by atoms with Crippen molar-refractivity contribution in [3.63, 3.8) is 0 Å². The zero-order valence-corrected chi connectivity index (χ0v) is 11.7. The summed E-state index contributed by atoms with van der Waals surface area (Å²) in [4.78, 5) is 4.27. The van der Waals surface area contributed by atoms with Crippen LogP contribution in [0.5, 0.6) is 11.5 Å². The topological polar surface area (TPSA) is 88.1 Å². The van der Waals surface area contributed by atoms with E-state index >= 15 is 0 Å². The molecule has 8 heteroatoms. The number of ether oxygens (including phenoxy) is 2. The first-order valence-corrected chi connectivity index (χ1v) is 7.19. The van der Waals surface area contributed by atoms with E-state index in [1.54, 1.807) is 10.9 Å². The highest BCUT2D eigenvalue weighted by molar-refractivity contribution is 7.12. The van der Waals surface area contributed by atoms with E-state index in [9.17, 15) is 0 Å². The van der Waals surface area contributed by atoms with Gasteiger partial charge >= 0.3 is 0 Å². The molecule has 0 saturated heterocycles. The maximum absolute atomic E-state index is 5.78. The van der Waals surface area contributed by atoms with Crippen molar-refractivity contribution in [2.45, 2.75) is 6.54 Å². The summed E-state index contributed by atoms with van der Waals surface area (Å²) in [6.07, 6.45) is 1.73. The third kappa shape index (κ3) is 1.96. The van der Waals surface area contributed by atoms with Crippen molar-refractivity contribution in [3.05, 3.63) is 35.5 Å². The molecule has 0 unspecified atom stereocenters. The van der Waals surface area contributed by atoms with Gasteiger partial charge in [0.1, 0.15) is 11.4 Å². The van der Waals surface area contributed by atoms with Crippen LogP contribution >= 0.6 is 11.3 Å². The third-order valence-electron chi connectivity index (χ3n) is 3.18. The number of aromatic nitrogens is 4. The van der Waals surface area contributed by atoms with Gasteiger partial charge in [-0.25, -0.2) is 4.98 Å². The highest BCUT2D eigenvalue weighted by atomic mass is 32.1. The molecule has 0 fully saturated rings. The van der Waals surface area contributed by atoms with Gasteiger partial charge < -0.3 is 15.2 Å². The van der Waals surface area contributed by atoms with Crippen LogP contribution in [0.15, 0.2) is 29.8 Å². The monoisotopic (exact) mass is 301 g/mol. The molecule has 7 nitrogen and oxygen atoms in total. The summed E-state index contributed by atoms with van der Waals surface area (Å²) in [5, 5.41) is 10.9. The summed E-state index contributed by atoms with van der Waals surface area (Å²) in [6.45, 7) is 0.543. The lowest BCUT2D eigenvalue weighted by molar-refractivity contribution is 0.174. The van der Waals surface area contributed by atoms with Crippen LogP contribution in [-0.4, -0.2) is 26.8 Å². The predicted octanol–water partition coefficient (Wildman–Crippen LogP) is 1.58. The molecule has 21 heavy (non-hydrogen) atoms. The number of thiazole rings is 1. The van der Waals surface area contributed by atoms with Gasteiger partial charge in [0.05, 0.1) is 0 Å².